The third-order valence-electron chi connectivity index (χ3n) is 4.09. The quantitative estimate of drug-likeness (QED) is 0.700. The summed E-state index contributed by atoms with van der Waals surface area (Å²) in [6.07, 6.45) is 1.32. The highest BCUT2D eigenvalue weighted by atomic mass is 16.5. The zero-order valence-electron chi connectivity index (χ0n) is 15.4. The van der Waals surface area contributed by atoms with Crippen LogP contribution in [-0.2, 0) is 11.2 Å². The molecule has 138 valence electrons. The molecular formula is C17H26N4O4. The van der Waals surface area contributed by atoms with Gasteiger partial charge in [0, 0.05) is 30.7 Å². The highest BCUT2D eigenvalue weighted by Crippen LogP contribution is 2.38. The fourth-order valence-corrected chi connectivity index (χ4v) is 3.13. The molecule has 1 unspecified atom stereocenters. The monoisotopic (exact) mass is 350 g/mol. The highest BCUT2D eigenvalue weighted by Gasteiger charge is 2.36. The molecule has 1 atom stereocenters. The molecule has 3 amide bonds. The number of ether oxygens (including phenoxy) is 1. The molecule has 25 heavy (non-hydrogen) atoms. The number of methoxy groups -OCH3 is 1. The van der Waals surface area contributed by atoms with Gasteiger partial charge in [0.25, 0.3) is 5.91 Å². The molecule has 1 aliphatic rings. The lowest BCUT2D eigenvalue weighted by atomic mass is 9.75. The highest BCUT2D eigenvalue weighted by molar-refractivity contribution is 6.07. The van der Waals surface area contributed by atoms with Crippen molar-refractivity contribution in [2.45, 2.75) is 46.6 Å². The van der Waals surface area contributed by atoms with Crippen LogP contribution in [0.1, 0.15) is 54.6 Å². The molecule has 0 bridgehead atoms. The smallest absolute Gasteiger partial charge is 0.332 e. The van der Waals surface area contributed by atoms with E-state index in [0.29, 0.717) is 36.5 Å². The Balaban J connectivity index is 2.38. The Hall–Kier alpha value is -2.35. The molecule has 0 radical (unpaired) electrons. The number of urea groups is 1. The Kier molecular flexibility index (Phi) is 5.52. The van der Waals surface area contributed by atoms with Crippen molar-refractivity contribution in [3.63, 3.8) is 0 Å². The first kappa shape index (κ1) is 19.0. The summed E-state index contributed by atoms with van der Waals surface area (Å²) in [6.45, 7) is 8.23. The van der Waals surface area contributed by atoms with Gasteiger partial charge in [0.1, 0.15) is 5.76 Å². The molecule has 0 saturated heterocycles. The van der Waals surface area contributed by atoms with Crippen LogP contribution in [0.2, 0.25) is 0 Å². The van der Waals surface area contributed by atoms with Crippen LogP contribution in [0.3, 0.4) is 0 Å². The molecule has 0 aliphatic heterocycles. The Labute approximate surface area is 147 Å². The van der Waals surface area contributed by atoms with Crippen LogP contribution in [0.4, 0.5) is 4.79 Å². The summed E-state index contributed by atoms with van der Waals surface area (Å²) in [7, 11) is 1.58. The fourth-order valence-electron chi connectivity index (χ4n) is 3.13. The lowest BCUT2D eigenvalue weighted by Gasteiger charge is -2.29. The van der Waals surface area contributed by atoms with Gasteiger partial charge in [-0.3, -0.25) is 4.79 Å². The number of rotatable bonds is 5. The van der Waals surface area contributed by atoms with Gasteiger partial charge in [-0.25, -0.2) is 10.2 Å². The lowest BCUT2D eigenvalue weighted by Crippen LogP contribution is -2.35. The molecule has 1 aromatic rings. The van der Waals surface area contributed by atoms with Crippen molar-refractivity contribution >= 4 is 17.6 Å². The van der Waals surface area contributed by atoms with E-state index >= 15 is 0 Å². The number of nitrogens with one attached hydrogen (secondary N) is 2. The maximum Gasteiger partial charge on any atom is 0.332 e. The molecule has 8 heteroatoms. The van der Waals surface area contributed by atoms with Crippen LogP contribution in [0.25, 0.3) is 0 Å². The predicted molar refractivity (Wildman–Crippen MR) is 93.6 cm³/mol. The first-order valence-electron chi connectivity index (χ1n) is 8.19. The minimum atomic E-state index is -0.732. The summed E-state index contributed by atoms with van der Waals surface area (Å²) >= 11 is 0. The van der Waals surface area contributed by atoms with Gasteiger partial charge in [-0.2, -0.15) is 5.10 Å². The number of fused-ring (bicyclic) bond motifs is 1. The van der Waals surface area contributed by atoms with Crippen LogP contribution in [-0.4, -0.2) is 37.4 Å². The summed E-state index contributed by atoms with van der Waals surface area (Å²) in [5.74, 6) is 0.664. The minimum Gasteiger partial charge on any atom is -0.455 e. The standard InChI is InChI=1S/C17H26N4O4/c1-9(8-24-5)19-15(22)14-10(2)13-11(20-21-16(18)23)6-17(3,4)7-12(13)25-14/h9H,6-8H2,1-5H3,(H,19,22)(H3,18,21,23)/b20-11-. The van der Waals surface area contributed by atoms with Crippen molar-refractivity contribution in [1.82, 2.24) is 10.7 Å². The zero-order chi connectivity index (χ0) is 18.8. The average molecular weight is 350 g/mol. The number of hydrogen-bond donors (Lipinski definition) is 3. The number of primary amides is 1. The molecular weight excluding hydrogens is 324 g/mol. The van der Waals surface area contributed by atoms with Crippen LogP contribution in [0, 0.1) is 12.3 Å². The molecule has 0 aromatic carbocycles. The van der Waals surface area contributed by atoms with Crippen molar-refractivity contribution in [1.29, 1.82) is 0 Å². The van der Waals surface area contributed by atoms with Crippen LogP contribution < -0.4 is 16.5 Å². The van der Waals surface area contributed by atoms with Gasteiger partial charge in [0.2, 0.25) is 0 Å². The minimum absolute atomic E-state index is 0.105. The van der Waals surface area contributed by atoms with Gasteiger partial charge < -0.3 is 20.2 Å². The third kappa shape index (κ3) is 4.39. The molecule has 4 N–H and O–H groups in total. The summed E-state index contributed by atoms with van der Waals surface area (Å²) in [4.78, 5) is 23.5. The second-order valence-electron chi connectivity index (χ2n) is 7.24. The second-order valence-corrected chi connectivity index (χ2v) is 7.24. The molecule has 0 spiro atoms. The SMILES string of the molecule is COCC(C)NC(=O)c1oc2c(c1C)/C(=N\NC(N)=O)CC(C)(C)C2. The van der Waals surface area contributed by atoms with Crippen molar-refractivity contribution in [3.05, 3.63) is 22.6 Å². The third-order valence-corrected chi connectivity index (χ3v) is 4.09. The van der Waals surface area contributed by atoms with E-state index in [2.05, 4.69) is 29.7 Å². The van der Waals surface area contributed by atoms with Crippen molar-refractivity contribution in [3.8, 4) is 0 Å². The Bertz CT molecular complexity index is 706. The summed E-state index contributed by atoms with van der Waals surface area (Å²) in [6, 6.07) is -0.870. The van der Waals surface area contributed by atoms with E-state index in [0.717, 1.165) is 5.56 Å². The first-order chi connectivity index (χ1) is 11.6. The Morgan fingerprint density at radius 1 is 1.40 bits per heavy atom. The summed E-state index contributed by atoms with van der Waals surface area (Å²) in [5, 5.41) is 6.97. The van der Waals surface area contributed by atoms with E-state index in [1.807, 2.05) is 13.8 Å². The van der Waals surface area contributed by atoms with Gasteiger partial charge in [0.15, 0.2) is 5.76 Å². The number of hydrazone groups is 1. The molecule has 0 saturated carbocycles. The van der Waals surface area contributed by atoms with E-state index in [4.69, 9.17) is 14.9 Å². The number of carbonyl (C=O) groups is 2. The largest absolute Gasteiger partial charge is 0.455 e. The lowest BCUT2D eigenvalue weighted by molar-refractivity contribution is 0.0874. The van der Waals surface area contributed by atoms with Crippen molar-refractivity contribution < 1.29 is 18.7 Å². The molecule has 2 rings (SSSR count). The maximum atomic E-state index is 12.5. The topological polar surface area (TPSA) is 119 Å². The predicted octanol–water partition coefficient (Wildman–Crippen LogP) is 1.70. The fraction of sp³-hybridized carbons (Fsp3) is 0.588. The van der Waals surface area contributed by atoms with Crippen LogP contribution in [0.5, 0.6) is 0 Å². The Morgan fingerprint density at radius 2 is 2.08 bits per heavy atom. The van der Waals surface area contributed by atoms with Crippen molar-refractivity contribution in [2.24, 2.45) is 16.3 Å². The van der Waals surface area contributed by atoms with Crippen LogP contribution in [0.15, 0.2) is 9.52 Å². The molecule has 8 nitrogen and oxygen atoms in total. The number of hydrogen-bond acceptors (Lipinski definition) is 5. The molecule has 0 fully saturated rings. The van der Waals surface area contributed by atoms with Crippen molar-refractivity contribution in [2.75, 3.05) is 13.7 Å². The number of nitrogens with zero attached hydrogens (tertiary/aromatic N) is 1. The van der Waals surface area contributed by atoms with E-state index in [-0.39, 0.29) is 23.1 Å². The molecule has 1 aromatic heterocycles. The zero-order valence-corrected chi connectivity index (χ0v) is 15.4. The van der Waals surface area contributed by atoms with E-state index in [1.54, 1.807) is 7.11 Å². The van der Waals surface area contributed by atoms with E-state index in [9.17, 15) is 9.59 Å². The summed E-state index contributed by atoms with van der Waals surface area (Å²) in [5.41, 5.74) is 9.43. The van der Waals surface area contributed by atoms with E-state index < -0.39 is 6.03 Å². The number of carbonyl (C=O) groups excluding carboxylic acids is 2. The Morgan fingerprint density at radius 3 is 2.68 bits per heavy atom. The molecule has 1 heterocycles. The van der Waals surface area contributed by atoms with Gasteiger partial charge in [0.05, 0.1) is 12.3 Å². The number of nitrogens with two attached hydrogens (primary N) is 1. The second kappa shape index (κ2) is 7.26. The van der Waals surface area contributed by atoms with Gasteiger partial charge in [-0.1, -0.05) is 13.8 Å². The van der Waals surface area contributed by atoms with E-state index in [1.165, 1.54) is 0 Å². The number of amides is 3. The first-order valence-corrected chi connectivity index (χ1v) is 8.19. The maximum absolute atomic E-state index is 12.5. The van der Waals surface area contributed by atoms with Gasteiger partial charge in [-0.05, 0) is 25.7 Å². The average Bonchev–Trinajstić information content (AvgIpc) is 2.80. The van der Waals surface area contributed by atoms with Gasteiger partial charge >= 0.3 is 6.03 Å². The summed E-state index contributed by atoms with van der Waals surface area (Å²) < 4.78 is 10.9. The normalized spacial score (nSPS) is 18.5. The van der Waals surface area contributed by atoms with Crippen LogP contribution >= 0.6 is 0 Å². The number of furan rings is 1. The molecule has 1 aliphatic carbocycles. The van der Waals surface area contributed by atoms with Gasteiger partial charge in [-0.15, -0.1) is 0 Å².